The Morgan fingerprint density at radius 1 is 1.26 bits per heavy atom. The highest BCUT2D eigenvalue weighted by molar-refractivity contribution is 7.14. The second-order valence-corrected chi connectivity index (χ2v) is 5.11. The van der Waals surface area contributed by atoms with Gasteiger partial charge in [0.2, 0.25) is 4.96 Å². The first-order chi connectivity index (χ1) is 9.15. The molecule has 0 saturated heterocycles. The third kappa shape index (κ3) is 2.10. The summed E-state index contributed by atoms with van der Waals surface area (Å²) in [5.74, 6) is -0.195. The Hall–Kier alpha value is -2.21. The SMILES string of the molecule is Cc1ccc(NC(=O)c2c(C)nc3scnn23)cc1. The van der Waals surface area contributed by atoms with Gasteiger partial charge in [-0.25, -0.2) is 4.98 Å². The lowest BCUT2D eigenvalue weighted by Gasteiger charge is -2.05. The first-order valence-electron chi connectivity index (χ1n) is 5.82. The van der Waals surface area contributed by atoms with Crippen LogP contribution in [0.15, 0.2) is 29.8 Å². The van der Waals surface area contributed by atoms with Crippen LogP contribution in [-0.4, -0.2) is 20.5 Å². The largest absolute Gasteiger partial charge is 0.321 e. The summed E-state index contributed by atoms with van der Waals surface area (Å²) in [6.07, 6.45) is 0. The zero-order valence-corrected chi connectivity index (χ0v) is 11.4. The van der Waals surface area contributed by atoms with E-state index >= 15 is 0 Å². The van der Waals surface area contributed by atoms with Crippen LogP contribution < -0.4 is 5.32 Å². The fourth-order valence-electron chi connectivity index (χ4n) is 1.88. The number of nitrogens with one attached hydrogen (secondary N) is 1. The molecule has 1 N–H and O–H groups in total. The standard InChI is InChI=1S/C13H12N4OS/c1-8-3-5-10(6-4-8)16-12(18)11-9(2)15-13-17(11)14-7-19-13/h3-7H,1-2H3,(H,16,18). The van der Waals surface area contributed by atoms with E-state index in [1.807, 2.05) is 38.1 Å². The molecule has 0 spiro atoms. The number of amides is 1. The van der Waals surface area contributed by atoms with E-state index in [-0.39, 0.29) is 5.91 Å². The molecule has 0 aliphatic rings. The van der Waals surface area contributed by atoms with Gasteiger partial charge in [-0.3, -0.25) is 4.79 Å². The van der Waals surface area contributed by atoms with Crippen molar-refractivity contribution in [2.45, 2.75) is 13.8 Å². The molecule has 3 rings (SSSR count). The number of anilines is 1. The summed E-state index contributed by atoms with van der Waals surface area (Å²) in [6, 6.07) is 7.66. The first-order valence-corrected chi connectivity index (χ1v) is 6.70. The first kappa shape index (κ1) is 11.9. The molecule has 0 bridgehead atoms. The molecule has 96 valence electrons. The minimum absolute atomic E-state index is 0.195. The monoisotopic (exact) mass is 272 g/mol. The summed E-state index contributed by atoms with van der Waals surface area (Å²) in [7, 11) is 0. The van der Waals surface area contributed by atoms with E-state index < -0.39 is 0 Å². The number of hydrogen-bond acceptors (Lipinski definition) is 4. The van der Waals surface area contributed by atoms with Gasteiger partial charge in [-0.15, -0.1) is 0 Å². The number of aromatic nitrogens is 3. The van der Waals surface area contributed by atoms with E-state index in [9.17, 15) is 4.79 Å². The lowest BCUT2D eigenvalue weighted by atomic mass is 10.2. The minimum Gasteiger partial charge on any atom is -0.321 e. The Morgan fingerprint density at radius 3 is 2.74 bits per heavy atom. The molecule has 0 aliphatic carbocycles. The third-order valence-corrected chi connectivity index (χ3v) is 3.52. The fraction of sp³-hybridized carbons (Fsp3) is 0.154. The normalized spacial score (nSPS) is 10.8. The predicted octanol–water partition coefficient (Wildman–Crippen LogP) is 2.66. The number of aryl methyl sites for hydroxylation is 2. The zero-order valence-electron chi connectivity index (χ0n) is 10.5. The molecule has 1 aromatic carbocycles. The summed E-state index contributed by atoms with van der Waals surface area (Å²) >= 11 is 1.41. The van der Waals surface area contributed by atoms with Crippen molar-refractivity contribution < 1.29 is 4.79 Å². The average molecular weight is 272 g/mol. The number of benzene rings is 1. The van der Waals surface area contributed by atoms with Crippen LogP contribution in [0.3, 0.4) is 0 Å². The molecule has 0 unspecified atom stereocenters. The maximum atomic E-state index is 12.3. The number of hydrogen-bond donors (Lipinski definition) is 1. The maximum Gasteiger partial charge on any atom is 0.276 e. The van der Waals surface area contributed by atoms with Gasteiger partial charge >= 0.3 is 0 Å². The van der Waals surface area contributed by atoms with Crippen LogP contribution in [0, 0.1) is 13.8 Å². The average Bonchev–Trinajstić information content (AvgIpc) is 2.91. The van der Waals surface area contributed by atoms with Crippen LogP contribution >= 0.6 is 11.3 Å². The van der Waals surface area contributed by atoms with Gasteiger partial charge in [0, 0.05) is 5.69 Å². The molecular formula is C13H12N4OS. The number of fused-ring (bicyclic) bond motifs is 1. The Labute approximate surface area is 113 Å². The van der Waals surface area contributed by atoms with Crippen molar-refractivity contribution >= 4 is 27.9 Å². The highest BCUT2D eigenvalue weighted by Crippen LogP contribution is 2.16. The van der Waals surface area contributed by atoms with Gasteiger partial charge < -0.3 is 5.32 Å². The third-order valence-electron chi connectivity index (χ3n) is 2.84. The molecule has 5 nitrogen and oxygen atoms in total. The molecule has 0 atom stereocenters. The lowest BCUT2D eigenvalue weighted by molar-refractivity contribution is 0.102. The summed E-state index contributed by atoms with van der Waals surface area (Å²) < 4.78 is 1.57. The molecule has 0 fully saturated rings. The van der Waals surface area contributed by atoms with Gasteiger partial charge in [0.25, 0.3) is 5.91 Å². The van der Waals surface area contributed by atoms with Gasteiger partial charge in [0.05, 0.1) is 5.69 Å². The van der Waals surface area contributed by atoms with E-state index in [0.717, 1.165) is 16.2 Å². The molecule has 0 saturated carbocycles. The topological polar surface area (TPSA) is 59.3 Å². The van der Waals surface area contributed by atoms with E-state index in [1.54, 1.807) is 10.0 Å². The van der Waals surface area contributed by atoms with Crippen LogP contribution in [0.1, 0.15) is 21.7 Å². The Balaban J connectivity index is 1.93. The van der Waals surface area contributed by atoms with E-state index in [2.05, 4.69) is 15.4 Å². The number of rotatable bonds is 2. The van der Waals surface area contributed by atoms with Gasteiger partial charge in [-0.2, -0.15) is 9.61 Å². The summed E-state index contributed by atoms with van der Waals surface area (Å²) in [5.41, 5.74) is 4.76. The number of carbonyl (C=O) groups excluding carboxylic acids is 1. The fourth-order valence-corrected chi connectivity index (χ4v) is 2.55. The van der Waals surface area contributed by atoms with Crippen molar-refractivity contribution in [1.29, 1.82) is 0 Å². The number of carbonyl (C=O) groups is 1. The van der Waals surface area contributed by atoms with Gasteiger partial charge in [0.1, 0.15) is 5.51 Å². The smallest absolute Gasteiger partial charge is 0.276 e. The minimum atomic E-state index is -0.195. The Bertz CT molecular complexity index is 742. The Morgan fingerprint density at radius 2 is 2.00 bits per heavy atom. The van der Waals surface area contributed by atoms with Crippen LogP contribution in [0.2, 0.25) is 0 Å². The highest BCUT2D eigenvalue weighted by atomic mass is 32.1. The second kappa shape index (κ2) is 4.47. The second-order valence-electron chi connectivity index (χ2n) is 4.30. The van der Waals surface area contributed by atoms with Crippen LogP contribution in [0.5, 0.6) is 0 Å². The Kier molecular flexibility index (Phi) is 2.79. The molecule has 19 heavy (non-hydrogen) atoms. The van der Waals surface area contributed by atoms with Crippen LogP contribution in [0.25, 0.3) is 4.96 Å². The zero-order chi connectivity index (χ0) is 13.4. The summed E-state index contributed by atoms with van der Waals surface area (Å²) in [5, 5.41) is 6.99. The molecule has 0 aliphatic heterocycles. The number of imidazole rings is 1. The molecule has 6 heteroatoms. The summed E-state index contributed by atoms with van der Waals surface area (Å²) in [6.45, 7) is 3.82. The highest BCUT2D eigenvalue weighted by Gasteiger charge is 2.18. The lowest BCUT2D eigenvalue weighted by Crippen LogP contribution is -2.15. The molecular weight excluding hydrogens is 260 g/mol. The van der Waals surface area contributed by atoms with E-state index in [4.69, 9.17) is 0 Å². The molecule has 0 radical (unpaired) electrons. The van der Waals surface area contributed by atoms with Crippen molar-refractivity contribution in [3.8, 4) is 0 Å². The maximum absolute atomic E-state index is 12.3. The van der Waals surface area contributed by atoms with Crippen molar-refractivity contribution in [3.05, 3.63) is 46.7 Å². The molecule has 1 amide bonds. The van der Waals surface area contributed by atoms with Crippen molar-refractivity contribution in [3.63, 3.8) is 0 Å². The number of nitrogens with zero attached hydrogens (tertiary/aromatic N) is 3. The van der Waals surface area contributed by atoms with Gasteiger partial charge in [0.15, 0.2) is 5.69 Å². The summed E-state index contributed by atoms with van der Waals surface area (Å²) in [4.78, 5) is 17.3. The molecule has 2 heterocycles. The van der Waals surface area contributed by atoms with E-state index in [0.29, 0.717) is 11.4 Å². The molecule has 3 aromatic rings. The van der Waals surface area contributed by atoms with Crippen LogP contribution in [-0.2, 0) is 0 Å². The van der Waals surface area contributed by atoms with Crippen molar-refractivity contribution in [1.82, 2.24) is 14.6 Å². The van der Waals surface area contributed by atoms with Gasteiger partial charge in [-0.05, 0) is 26.0 Å². The van der Waals surface area contributed by atoms with Crippen LogP contribution in [0.4, 0.5) is 5.69 Å². The van der Waals surface area contributed by atoms with E-state index in [1.165, 1.54) is 11.3 Å². The van der Waals surface area contributed by atoms with Crippen molar-refractivity contribution in [2.75, 3.05) is 5.32 Å². The van der Waals surface area contributed by atoms with Gasteiger partial charge in [-0.1, -0.05) is 29.0 Å². The van der Waals surface area contributed by atoms with Crippen molar-refractivity contribution in [2.24, 2.45) is 0 Å². The predicted molar refractivity (Wildman–Crippen MR) is 74.7 cm³/mol. The molecule has 2 aromatic heterocycles. The quantitative estimate of drug-likeness (QED) is 0.780.